The number of fused-ring (bicyclic) bond motifs is 1. The number of phenolic OH excluding ortho intramolecular Hbond substituents is 1. The van der Waals surface area contributed by atoms with Crippen molar-refractivity contribution in [1.29, 1.82) is 0 Å². The van der Waals surface area contributed by atoms with Crippen molar-refractivity contribution in [2.45, 2.75) is 13.5 Å². The van der Waals surface area contributed by atoms with Gasteiger partial charge in [-0.3, -0.25) is 5.01 Å². The predicted octanol–water partition coefficient (Wildman–Crippen LogP) is 2.68. The number of piperazine rings is 1. The first kappa shape index (κ1) is 19.3. The number of benzene rings is 3. The minimum atomic E-state index is 0.148. The summed E-state index contributed by atoms with van der Waals surface area (Å²) < 4.78 is 5.21. The first-order valence-electron chi connectivity index (χ1n) is 10.1. The Morgan fingerprint density at radius 2 is 1.83 bits per heavy atom. The van der Waals surface area contributed by atoms with E-state index in [0.29, 0.717) is 5.75 Å². The molecule has 0 bridgehead atoms. The van der Waals surface area contributed by atoms with Crippen LogP contribution in [-0.2, 0) is 6.54 Å². The third-order valence-corrected chi connectivity index (χ3v) is 5.66. The van der Waals surface area contributed by atoms with Crippen molar-refractivity contribution >= 4 is 16.5 Å². The number of nitrogens with one attached hydrogen (secondary N) is 1. The van der Waals surface area contributed by atoms with Gasteiger partial charge in [-0.05, 0) is 35.9 Å². The lowest BCUT2D eigenvalue weighted by Crippen LogP contribution is -3.13. The average Bonchev–Trinajstić information content (AvgIpc) is 2.75. The third-order valence-electron chi connectivity index (χ3n) is 5.66. The van der Waals surface area contributed by atoms with Gasteiger partial charge in [0.2, 0.25) is 0 Å². The standard InChI is InChI=1S/C24H27N3O2/c1-18(20-10-11-23(28)24(16-20)29-2)25-27-14-12-26(13-15-27)17-21-8-5-7-19-6-3-4-9-22(19)21/h3-11,16,28H,12-15,17H2,1-2H3/p+1/b25-18+. The van der Waals surface area contributed by atoms with Crippen LogP contribution >= 0.6 is 0 Å². The number of hydrazone groups is 1. The summed E-state index contributed by atoms with van der Waals surface area (Å²) in [6.45, 7) is 7.06. The number of aromatic hydroxyl groups is 1. The van der Waals surface area contributed by atoms with Crippen molar-refractivity contribution < 1.29 is 14.7 Å². The number of hydrogen-bond donors (Lipinski definition) is 2. The van der Waals surface area contributed by atoms with Crippen molar-refractivity contribution in [3.05, 3.63) is 71.8 Å². The molecule has 0 unspecified atom stereocenters. The van der Waals surface area contributed by atoms with Gasteiger partial charge in [0.1, 0.15) is 6.54 Å². The molecule has 3 aromatic rings. The average molecular weight is 391 g/mol. The molecule has 2 N–H and O–H groups in total. The Balaban J connectivity index is 1.39. The minimum absolute atomic E-state index is 0.148. The van der Waals surface area contributed by atoms with Gasteiger partial charge in [0.05, 0.1) is 39.0 Å². The smallest absolute Gasteiger partial charge is 0.161 e. The third kappa shape index (κ3) is 4.35. The maximum absolute atomic E-state index is 9.78. The molecule has 150 valence electrons. The molecule has 1 saturated heterocycles. The van der Waals surface area contributed by atoms with Gasteiger partial charge in [0.15, 0.2) is 11.5 Å². The molecule has 0 amide bonds. The molecule has 1 fully saturated rings. The molecule has 1 heterocycles. The molecule has 29 heavy (non-hydrogen) atoms. The second kappa shape index (κ2) is 8.53. The molecule has 1 aliphatic heterocycles. The van der Waals surface area contributed by atoms with E-state index in [0.717, 1.165) is 44.0 Å². The molecule has 0 saturated carbocycles. The quantitative estimate of drug-likeness (QED) is 0.659. The van der Waals surface area contributed by atoms with Crippen molar-refractivity contribution in [3.8, 4) is 11.5 Å². The minimum Gasteiger partial charge on any atom is -0.504 e. The van der Waals surface area contributed by atoms with E-state index in [1.165, 1.54) is 16.3 Å². The highest BCUT2D eigenvalue weighted by Gasteiger charge is 2.20. The zero-order chi connectivity index (χ0) is 20.2. The Morgan fingerprint density at radius 3 is 2.62 bits per heavy atom. The summed E-state index contributed by atoms with van der Waals surface area (Å²) in [6, 6.07) is 20.6. The monoisotopic (exact) mass is 390 g/mol. The molecule has 5 nitrogen and oxygen atoms in total. The Bertz CT molecular complexity index is 1020. The van der Waals surface area contributed by atoms with Crippen LogP contribution in [0, 0.1) is 0 Å². The van der Waals surface area contributed by atoms with E-state index in [4.69, 9.17) is 9.84 Å². The zero-order valence-corrected chi connectivity index (χ0v) is 17.1. The van der Waals surface area contributed by atoms with Gasteiger partial charge in [0.25, 0.3) is 0 Å². The van der Waals surface area contributed by atoms with Gasteiger partial charge >= 0.3 is 0 Å². The Hall–Kier alpha value is -3.05. The fourth-order valence-corrected chi connectivity index (χ4v) is 3.98. The topological polar surface area (TPSA) is 49.5 Å². The van der Waals surface area contributed by atoms with Crippen LogP contribution in [0.1, 0.15) is 18.1 Å². The van der Waals surface area contributed by atoms with Gasteiger partial charge in [-0.15, -0.1) is 0 Å². The first-order valence-corrected chi connectivity index (χ1v) is 10.1. The molecule has 3 aromatic carbocycles. The van der Waals surface area contributed by atoms with Gasteiger partial charge in [0, 0.05) is 11.1 Å². The summed E-state index contributed by atoms with van der Waals surface area (Å²) >= 11 is 0. The van der Waals surface area contributed by atoms with E-state index in [9.17, 15) is 5.11 Å². The van der Waals surface area contributed by atoms with E-state index < -0.39 is 0 Å². The molecule has 4 rings (SSSR count). The largest absolute Gasteiger partial charge is 0.504 e. The van der Waals surface area contributed by atoms with Crippen LogP contribution in [0.4, 0.5) is 0 Å². The van der Waals surface area contributed by atoms with Gasteiger partial charge < -0.3 is 14.7 Å². The number of methoxy groups -OCH3 is 1. The maximum Gasteiger partial charge on any atom is 0.161 e. The number of nitrogens with zero attached hydrogens (tertiary/aromatic N) is 2. The second-order valence-corrected chi connectivity index (χ2v) is 7.59. The van der Waals surface area contributed by atoms with Crippen molar-refractivity contribution in [2.24, 2.45) is 5.10 Å². The Kier molecular flexibility index (Phi) is 5.67. The van der Waals surface area contributed by atoms with E-state index in [1.807, 2.05) is 19.1 Å². The lowest BCUT2D eigenvalue weighted by Gasteiger charge is -2.31. The number of rotatable bonds is 5. The zero-order valence-electron chi connectivity index (χ0n) is 17.1. The van der Waals surface area contributed by atoms with E-state index >= 15 is 0 Å². The summed E-state index contributed by atoms with van der Waals surface area (Å²) in [6.07, 6.45) is 0. The lowest BCUT2D eigenvalue weighted by atomic mass is 10.0. The number of quaternary nitrogens is 1. The molecular formula is C24H28N3O2+. The molecular weight excluding hydrogens is 362 g/mol. The van der Waals surface area contributed by atoms with Crippen molar-refractivity contribution in [3.63, 3.8) is 0 Å². The highest BCUT2D eigenvalue weighted by Crippen LogP contribution is 2.26. The molecule has 0 aliphatic carbocycles. The normalized spacial score (nSPS) is 15.7. The molecule has 5 heteroatoms. The molecule has 0 radical (unpaired) electrons. The summed E-state index contributed by atoms with van der Waals surface area (Å²) in [5, 5.41) is 19.4. The fraction of sp³-hybridized carbons (Fsp3) is 0.292. The van der Waals surface area contributed by atoms with Crippen LogP contribution in [0.3, 0.4) is 0 Å². The highest BCUT2D eigenvalue weighted by molar-refractivity contribution is 5.99. The number of phenols is 1. The highest BCUT2D eigenvalue weighted by atomic mass is 16.5. The van der Waals surface area contributed by atoms with Crippen LogP contribution in [0.15, 0.2) is 65.8 Å². The first-order chi connectivity index (χ1) is 14.1. The van der Waals surface area contributed by atoms with E-state index in [2.05, 4.69) is 47.5 Å². The van der Waals surface area contributed by atoms with Crippen LogP contribution < -0.4 is 9.64 Å². The Morgan fingerprint density at radius 1 is 1.07 bits per heavy atom. The SMILES string of the molecule is COc1cc(/C(C)=N/N2CC[NH+](Cc3cccc4ccccc34)CC2)ccc1O. The second-order valence-electron chi connectivity index (χ2n) is 7.59. The molecule has 1 aliphatic rings. The summed E-state index contributed by atoms with van der Waals surface area (Å²) in [4.78, 5) is 1.59. The van der Waals surface area contributed by atoms with Crippen molar-refractivity contribution in [1.82, 2.24) is 5.01 Å². The van der Waals surface area contributed by atoms with Gasteiger partial charge in [-0.2, -0.15) is 5.10 Å². The van der Waals surface area contributed by atoms with Crippen molar-refractivity contribution in [2.75, 3.05) is 33.3 Å². The molecule has 0 spiro atoms. The van der Waals surface area contributed by atoms with Crippen LogP contribution in [0.2, 0.25) is 0 Å². The number of ether oxygens (including phenoxy) is 1. The number of hydrogen-bond acceptors (Lipinski definition) is 4. The predicted molar refractivity (Wildman–Crippen MR) is 117 cm³/mol. The van der Waals surface area contributed by atoms with Crippen LogP contribution in [-0.4, -0.2) is 49.1 Å². The van der Waals surface area contributed by atoms with Crippen LogP contribution in [0.25, 0.3) is 10.8 Å². The van der Waals surface area contributed by atoms with Crippen LogP contribution in [0.5, 0.6) is 11.5 Å². The molecule has 0 atom stereocenters. The van der Waals surface area contributed by atoms with E-state index in [-0.39, 0.29) is 5.75 Å². The maximum atomic E-state index is 9.78. The fourth-order valence-electron chi connectivity index (χ4n) is 3.98. The van der Waals surface area contributed by atoms with Gasteiger partial charge in [-0.1, -0.05) is 42.5 Å². The summed E-state index contributed by atoms with van der Waals surface area (Å²) in [5.74, 6) is 0.621. The molecule has 0 aromatic heterocycles. The lowest BCUT2D eigenvalue weighted by molar-refractivity contribution is -0.918. The summed E-state index contributed by atoms with van der Waals surface area (Å²) in [5.41, 5.74) is 3.31. The van der Waals surface area contributed by atoms with E-state index in [1.54, 1.807) is 18.1 Å². The van der Waals surface area contributed by atoms with Gasteiger partial charge in [-0.25, -0.2) is 0 Å². The Labute approximate surface area is 171 Å². The summed E-state index contributed by atoms with van der Waals surface area (Å²) in [7, 11) is 1.56.